The van der Waals surface area contributed by atoms with Crippen molar-refractivity contribution in [3.8, 4) is 0 Å². The number of benzene rings is 1. The van der Waals surface area contributed by atoms with Crippen LogP contribution >= 0.6 is 0 Å². The molecule has 2 rings (SSSR count). The second-order valence-electron chi connectivity index (χ2n) is 6.17. The van der Waals surface area contributed by atoms with Gasteiger partial charge in [-0.2, -0.15) is 4.31 Å². The van der Waals surface area contributed by atoms with E-state index in [9.17, 15) is 18.0 Å². The lowest BCUT2D eigenvalue weighted by molar-refractivity contribution is -0.132. The highest BCUT2D eigenvalue weighted by Crippen LogP contribution is 2.19. The minimum Gasteiger partial charge on any atom is -0.478 e. The minimum absolute atomic E-state index is 0.0126. The summed E-state index contributed by atoms with van der Waals surface area (Å²) in [4.78, 5) is 26.7. The van der Waals surface area contributed by atoms with Gasteiger partial charge in [0.05, 0.1) is 10.5 Å². The number of rotatable bonds is 6. The fraction of sp³-hybridized carbons (Fsp3) is 0.500. The lowest BCUT2D eigenvalue weighted by Gasteiger charge is -2.34. The summed E-state index contributed by atoms with van der Waals surface area (Å²) in [5, 5.41) is 9.01. The molecular weight excluding hydrogens is 346 g/mol. The fourth-order valence-corrected chi connectivity index (χ4v) is 4.06. The van der Waals surface area contributed by atoms with Crippen LogP contribution < -0.4 is 0 Å². The molecule has 9 heteroatoms. The van der Waals surface area contributed by atoms with Crippen LogP contribution in [0.3, 0.4) is 0 Å². The molecule has 8 nitrogen and oxygen atoms in total. The van der Waals surface area contributed by atoms with E-state index in [0.29, 0.717) is 26.1 Å². The summed E-state index contributed by atoms with van der Waals surface area (Å²) in [6, 6.07) is 5.31. The van der Waals surface area contributed by atoms with E-state index in [4.69, 9.17) is 5.11 Å². The predicted molar refractivity (Wildman–Crippen MR) is 91.9 cm³/mol. The number of hydrogen-bond donors (Lipinski definition) is 1. The number of carboxylic acids is 1. The number of piperazine rings is 1. The first-order chi connectivity index (χ1) is 11.7. The molecule has 1 saturated heterocycles. The standard InChI is InChI=1S/C16H23N3O5S/c1-17(2)7-6-15(20)18-8-10-19(11-9-18)25(23,24)14-5-3-4-13(12-14)16(21)22/h3-5,12H,6-11H2,1-2H3,(H,21,22). The highest BCUT2D eigenvalue weighted by Gasteiger charge is 2.30. The quantitative estimate of drug-likeness (QED) is 0.768. The summed E-state index contributed by atoms with van der Waals surface area (Å²) in [5.74, 6) is -1.16. The zero-order chi connectivity index (χ0) is 18.6. The number of hydrogen-bond acceptors (Lipinski definition) is 5. The van der Waals surface area contributed by atoms with Crippen molar-refractivity contribution in [3.05, 3.63) is 29.8 Å². The molecule has 0 radical (unpaired) electrons. The van der Waals surface area contributed by atoms with Crippen LogP contribution in [-0.4, -0.2) is 86.3 Å². The Morgan fingerprint density at radius 2 is 1.80 bits per heavy atom. The summed E-state index contributed by atoms with van der Waals surface area (Å²) in [5.41, 5.74) is -0.0708. The Morgan fingerprint density at radius 3 is 2.36 bits per heavy atom. The van der Waals surface area contributed by atoms with Gasteiger partial charge >= 0.3 is 5.97 Å². The summed E-state index contributed by atoms with van der Waals surface area (Å²) < 4.78 is 26.6. The number of nitrogens with zero attached hydrogens (tertiary/aromatic N) is 3. The van der Waals surface area contributed by atoms with Gasteiger partial charge in [-0.3, -0.25) is 4.79 Å². The van der Waals surface area contributed by atoms with Crippen LogP contribution in [0.2, 0.25) is 0 Å². The highest BCUT2D eigenvalue weighted by molar-refractivity contribution is 7.89. The number of amides is 1. The summed E-state index contributed by atoms with van der Waals surface area (Å²) in [6.45, 7) is 1.73. The maximum absolute atomic E-state index is 12.7. The minimum atomic E-state index is -3.77. The Balaban J connectivity index is 2.03. The molecule has 0 atom stereocenters. The maximum Gasteiger partial charge on any atom is 0.335 e. The van der Waals surface area contributed by atoms with Crippen molar-refractivity contribution in [2.45, 2.75) is 11.3 Å². The molecule has 138 valence electrons. The molecular formula is C16H23N3O5S. The van der Waals surface area contributed by atoms with Gasteiger partial charge in [0, 0.05) is 39.1 Å². The number of aromatic carboxylic acids is 1. The molecule has 0 unspecified atom stereocenters. The molecule has 1 aliphatic rings. The van der Waals surface area contributed by atoms with Crippen LogP contribution in [-0.2, 0) is 14.8 Å². The van der Waals surface area contributed by atoms with Crippen molar-refractivity contribution in [3.63, 3.8) is 0 Å². The average molecular weight is 369 g/mol. The van der Waals surface area contributed by atoms with Crippen molar-refractivity contribution >= 4 is 21.9 Å². The molecule has 25 heavy (non-hydrogen) atoms. The first-order valence-electron chi connectivity index (χ1n) is 7.98. The van der Waals surface area contributed by atoms with Gasteiger partial charge in [-0.05, 0) is 32.3 Å². The number of carbonyl (C=O) groups is 2. The van der Waals surface area contributed by atoms with Gasteiger partial charge in [0.1, 0.15) is 0 Å². The smallest absolute Gasteiger partial charge is 0.335 e. The van der Waals surface area contributed by atoms with E-state index in [1.807, 2.05) is 19.0 Å². The third-order valence-corrected chi connectivity index (χ3v) is 5.98. The summed E-state index contributed by atoms with van der Waals surface area (Å²) in [7, 11) is 0.0147. The molecule has 0 saturated carbocycles. The Morgan fingerprint density at radius 1 is 1.16 bits per heavy atom. The Hall–Kier alpha value is -1.97. The van der Waals surface area contributed by atoms with Crippen LogP contribution in [0.5, 0.6) is 0 Å². The zero-order valence-electron chi connectivity index (χ0n) is 14.4. The molecule has 1 N–H and O–H groups in total. The molecule has 1 aromatic rings. The van der Waals surface area contributed by atoms with E-state index in [1.54, 1.807) is 4.90 Å². The van der Waals surface area contributed by atoms with Gasteiger partial charge in [0.15, 0.2) is 0 Å². The molecule has 1 aromatic carbocycles. The third kappa shape index (κ3) is 4.77. The van der Waals surface area contributed by atoms with Crippen molar-refractivity contribution in [2.24, 2.45) is 0 Å². The van der Waals surface area contributed by atoms with Gasteiger partial charge in [-0.1, -0.05) is 6.07 Å². The number of carboxylic acid groups (broad SMARTS) is 1. The lowest BCUT2D eigenvalue weighted by Crippen LogP contribution is -2.50. The summed E-state index contributed by atoms with van der Waals surface area (Å²) >= 11 is 0. The van der Waals surface area contributed by atoms with Crippen molar-refractivity contribution < 1.29 is 23.1 Å². The average Bonchev–Trinajstić information content (AvgIpc) is 2.59. The van der Waals surface area contributed by atoms with Crippen LogP contribution in [0.4, 0.5) is 0 Å². The maximum atomic E-state index is 12.7. The predicted octanol–water partition coefficient (Wildman–Crippen LogP) is 0.169. The van der Waals surface area contributed by atoms with Crippen LogP contribution in [0.1, 0.15) is 16.8 Å². The molecule has 0 aromatic heterocycles. The molecule has 0 bridgehead atoms. The second-order valence-corrected chi connectivity index (χ2v) is 8.11. The van der Waals surface area contributed by atoms with Crippen molar-refractivity contribution in [2.75, 3.05) is 46.8 Å². The third-order valence-electron chi connectivity index (χ3n) is 4.08. The van der Waals surface area contributed by atoms with Crippen LogP contribution in [0.25, 0.3) is 0 Å². The van der Waals surface area contributed by atoms with Gasteiger partial charge in [0.2, 0.25) is 15.9 Å². The van der Waals surface area contributed by atoms with Gasteiger partial charge < -0.3 is 14.9 Å². The van der Waals surface area contributed by atoms with Gasteiger partial charge in [-0.15, -0.1) is 0 Å². The molecule has 1 heterocycles. The molecule has 0 spiro atoms. The fourth-order valence-electron chi connectivity index (χ4n) is 2.59. The van der Waals surface area contributed by atoms with E-state index in [2.05, 4.69) is 0 Å². The SMILES string of the molecule is CN(C)CCC(=O)N1CCN(S(=O)(=O)c2cccc(C(=O)O)c2)CC1. The number of sulfonamides is 1. The van der Waals surface area contributed by atoms with E-state index in [0.717, 1.165) is 6.07 Å². The summed E-state index contributed by atoms with van der Waals surface area (Å²) in [6.07, 6.45) is 0.403. The van der Waals surface area contributed by atoms with Gasteiger partial charge in [0.25, 0.3) is 0 Å². The normalized spacial score (nSPS) is 16.2. The first-order valence-corrected chi connectivity index (χ1v) is 9.42. The molecule has 1 fully saturated rings. The second kappa shape index (κ2) is 7.94. The van der Waals surface area contributed by atoms with E-state index >= 15 is 0 Å². The Bertz CT molecular complexity index is 740. The van der Waals surface area contributed by atoms with Crippen molar-refractivity contribution in [1.29, 1.82) is 0 Å². The Kier molecular flexibility index (Phi) is 6.15. The number of carbonyl (C=O) groups excluding carboxylic acids is 1. The Labute approximate surface area is 147 Å². The van der Waals surface area contributed by atoms with Crippen LogP contribution in [0.15, 0.2) is 29.2 Å². The van der Waals surface area contributed by atoms with E-state index in [-0.39, 0.29) is 29.5 Å². The van der Waals surface area contributed by atoms with Crippen molar-refractivity contribution in [1.82, 2.24) is 14.1 Å². The van der Waals surface area contributed by atoms with Gasteiger partial charge in [-0.25, -0.2) is 13.2 Å². The topological polar surface area (TPSA) is 98.2 Å². The molecule has 0 aliphatic carbocycles. The molecule has 1 amide bonds. The molecule has 1 aliphatic heterocycles. The van der Waals surface area contributed by atoms with E-state index in [1.165, 1.54) is 22.5 Å². The zero-order valence-corrected chi connectivity index (χ0v) is 15.2. The first kappa shape index (κ1) is 19.4. The largest absolute Gasteiger partial charge is 0.478 e. The monoisotopic (exact) mass is 369 g/mol. The highest BCUT2D eigenvalue weighted by atomic mass is 32.2. The van der Waals surface area contributed by atoms with Crippen LogP contribution in [0, 0.1) is 0 Å². The lowest BCUT2D eigenvalue weighted by atomic mass is 10.2. The van der Waals surface area contributed by atoms with E-state index < -0.39 is 16.0 Å².